The van der Waals surface area contributed by atoms with Crippen molar-refractivity contribution in [1.29, 1.82) is 0 Å². The van der Waals surface area contributed by atoms with E-state index in [0.29, 0.717) is 26.2 Å². The number of carboxylic acids is 1. The fourth-order valence-electron chi connectivity index (χ4n) is 2.11. The van der Waals surface area contributed by atoms with E-state index in [1.54, 1.807) is 9.80 Å². The van der Waals surface area contributed by atoms with Gasteiger partial charge < -0.3 is 10.0 Å². The Morgan fingerprint density at radius 1 is 1.25 bits per heavy atom. The van der Waals surface area contributed by atoms with Crippen molar-refractivity contribution in [2.75, 3.05) is 32.7 Å². The topological polar surface area (TPSA) is 60.9 Å². The van der Waals surface area contributed by atoms with Gasteiger partial charge in [0.2, 0.25) is 0 Å². The molecule has 1 saturated heterocycles. The van der Waals surface area contributed by atoms with Crippen LogP contribution in [0.25, 0.3) is 0 Å². The third kappa shape index (κ3) is 3.46. The molecule has 20 heavy (non-hydrogen) atoms. The lowest BCUT2D eigenvalue weighted by molar-refractivity contribution is -0.138. The molecule has 1 aromatic rings. The Labute approximate surface area is 120 Å². The Balaban J connectivity index is 1.97. The van der Waals surface area contributed by atoms with E-state index in [1.807, 2.05) is 0 Å². The van der Waals surface area contributed by atoms with Crippen molar-refractivity contribution in [3.63, 3.8) is 0 Å². The maximum Gasteiger partial charge on any atom is 0.317 e. The van der Waals surface area contributed by atoms with Crippen molar-refractivity contribution in [1.82, 2.24) is 9.80 Å². The fraction of sp³-hybridized carbons (Fsp3) is 0.385. The first-order valence-corrected chi connectivity index (χ1v) is 6.53. The van der Waals surface area contributed by atoms with E-state index in [2.05, 4.69) is 0 Å². The van der Waals surface area contributed by atoms with Crippen molar-refractivity contribution >= 4 is 23.5 Å². The molecule has 1 amide bonds. The average Bonchev–Trinajstić information content (AvgIpc) is 2.41. The Kier molecular flexibility index (Phi) is 4.57. The Morgan fingerprint density at radius 2 is 1.90 bits per heavy atom. The van der Waals surface area contributed by atoms with Gasteiger partial charge in [0.05, 0.1) is 11.6 Å². The highest BCUT2D eigenvalue weighted by atomic mass is 35.5. The smallest absolute Gasteiger partial charge is 0.317 e. The number of hydrogen-bond donors (Lipinski definition) is 1. The van der Waals surface area contributed by atoms with E-state index in [-0.39, 0.29) is 23.0 Å². The standard InChI is InChI=1S/C13H14ClFN2O3/c14-10-2-1-9(7-11(10)15)13(20)17-5-3-16(4-6-17)8-12(18)19/h1-2,7H,3-6,8H2,(H,18,19). The highest BCUT2D eigenvalue weighted by Gasteiger charge is 2.23. The third-order valence-electron chi connectivity index (χ3n) is 3.18. The summed E-state index contributed by atoms with van der Waals surface area (Å²) in [5.74, 6) is -1.78. The van der Waals surface area contributed by atoms with Gasteiger partial charge >= 0.3 is 5.97 Å². The zero-order valence-electron chi connectivity index (χ0n) is 10.7. The van der Waals surface area contributed by atoms with E-state index >= 15 is 0 Å². The molecule has 0 atom stereocenters. The Hall–Kier alpha value is -1.66. The van der Waals surface area contributed by atoms with E-state index in [1.165, 1.54) is 12.1 Å². The Morgan fingerprint density at radius 3 is 2.45 bits per heavy atom. The van der Waals surface area contributed by atoms with Crippen molar-refractivity contribution in [3.8, 4) is 0 Å². The predicted molar refractivity (Wildman–Crippen MR) is 71.4 cm³/mol. The van der Waals surface area contributed by atoms with Gasteiger partial charge in [-0.1, -0.05) is 11.6 Å². The summed E-state index contributed by atoms with van der Waals surface area (Å²) in [4.78, 5) is 26.1. The van der Waals surface area contributed by atoms with Gasteiger partial charge in [0.1, 0.15) is 5.82 Å². The molecule has 0 unspecified atom stereocenters. The highest BCUT2D eigenvalue weighted by Crippen LogP contribution is 2.17. The van der Waals surface area contributed by atoms with Gasteiger partial charge in [-0.15, -0.1) is 0 Å². The molecule has 1 fully saturated rings. The van der Waals surface area contributed by atoms with Crippen LogP contribution in [0.5, 0.6) is 0 Å². The number of hydrogen-bond acceptors (Lipinski definition) is 3. The largest absolute Gasteiger partial charge is 0.480 e. The lowest BCUT2D eigenvalue weighted by Gasteiger charge is -2.33. The molecular weight excluding hydrogens is 287 g/mol. The van der Waals surface area contributed by atoms with Crippen LogP contribution in [0.1, 0.15) is 10.4 Å². The Bertz CT molecular complexity index is 530. The summed E-state index contributed by atoms with van der Waals surface area (Å²) in [5, 5.41) is 8.68. The first-order valence-electron chi connectivity index (χ1n) is 6.16. The summed E-state index contributed by atoms with van der Waals surface area (Å²) in [7, 11) is 0. The number of aliphatic carboxylic acids is 1. The lowest BCUT2D eigenvalue weighted by atomic mass is 10.1. The van der Waals surface area contributed by atoms with Crippen LogP contribution in [0.2, 0.25) is 5.02 Å². The SMILES string of the molecule is O=C(O)CN1CCN(C(=O)c2ccc(Cl)c(F)c2)CC1. The van der Waals surface area contributed by atoms with Crippen LogP contribution in [-0.4, -0.2) is 59.5 Å². The van der Waals surface area contributed by atoms with Gasteiger partial charge in [0.15, 0.2) is 0 Å². The molecule has 0 aromatic heterocycles. The minimum atomic E-state index is -0.885. The van der Waals surface area contributed by atoms with Crippen molar-refractivity contribution in [2.24, 2.45) is 0 Å². The molecule has 5 nitrogen and oxygen atoms in total. The van der Waals surface area contributed by atoms with E-state index in [0.717, 1.165) is 6.07 Å². The van der Waals surface area contributed by atoms with Crippen LogP contribution >= 0.6 is 11.6 Å². The third-order valence-corrected chi connectivity index (χ3v) is 3.49. The van der Waals surface area contributed by atoms with Crippen molar-refractivity contribution in [2.45, 2.75) is 0 Å². The minimum absolute atomic E-state index is 0.0205. The molecule has 0 radical (unpaired) electrons. The van der Waals surface area contributed by atoms with E-state index in [4.69, 9.17) is 16.7 Å². The van der Waals surface area contributed by atoms with E-state index in [9.17, 15) is 14.0 Å². The number of piperazine rings is 1. The maximum atomic E-state index is 13.3. The number of nitrogens with zero attached hydrogens (tertiary/aromatic N) is 2. The van der Waals surface area contributed by atoms with E-state index < -0.39 is 11.8 Å². The summed E-state index contributed by atoms with van der Waals surface area (Å²) in [5.41, 5.74) is 0.249. The first kappa shape index (κ1) is 14.7. The summed E-state index contributed by atoms with van der Waals surface area (Å²) in [6.07, 6.45) is 0. The minimum Gasteiger partial charge on any atom is -0.480 e. The molecule has 1 N–H and O–H groups in total. The van der Waals surface area contributed by atoms with Crippen LogP contribution < -0.4 is 0 Å². The summed E-state index contributed by atoms with van der Waals surface area (Å²) >= 11 is 5.58. The van der Waals surface area contributed by atoms with Gasteiger partial charge in [-0.3, -0.25) is 14.5 Å². The zero-order valence-corrected chi connectivity index (χ0v) is 11.4. The molecular formula is C13H14ClFN2O3. The number of carboxylic acid groups (broad SMARTS) is 1. The number of rotatable bonds is 3. The number of carbonyl (C=O) groups excluding carboxylic acids is 1. The first-order chi connectivity index (χ1) is 9.47. The number of benzene rings is 1. The highest BCUT2D eigenvalue weighted by molar-refractivity contribution is 6.30. The monoisotopic (exact) mass is 300 g/mol. The van der Waals surface area contributed by atoms with Crippen LogP contribution in [0.15, 0.2) is 18.2 Å². The molecule has 0 aliphatic carbocycles. The molecule has 1 aromatic carbocycles. The summed E-state index contributed by atoms with van der Waals surface area (Å²) < 4.78 is 13.3. The lowest BCUT2D eigenvalue weighted by Crippen LogP contribution is -2.49. The molecule has 2 rings (SSSR count). The second-order valence-corrected chi connectivity index (χ2v) is 5.00. The zero-order chi connectivity index (χ0) is 14.7. The molecule has 0 spiro atoms. The van der Waals surface area contributed by atoms with Crippen LogP contribution in [0.4, 0.5) is 4.39 Å². The predicted octanol–water partition coefficient (Wildman–Crippen LogP) is 1.32. The van der Waals surface area contributed by atoms with Gasteiger partial charge in [-0.25, -0.2) is 4.39 Å². The molecule has 0 bridgehead atoms. The van der Waals surface area contributed by atoms with Gasteiger partial charge in [-0.2, -0.15) is 0 Å². The molecule has 1 heterocycles. The van der Waals surface area contributed by atoms with Crippen LogP contribution in [0, 0.1) is 5.82 Å². The second-order valence-electron chi connectivity index (χ2n) is 4.59. The molecule has 108 valence electrons. The van der Waals surface area contributed by atoms with Crippen molar-refractivity contribution in [3.05, 3.63) is 34.6 Å². The second kappa shape index (κ2) is 6.19. The molecule has 7 heteroatoms. The fourth-order valence-corrected chi connectivity index (χ4v) is 2.23. The quantitative estimate of drug-likeness (QED) is 0.914. The van der Waals surface area contributed by atoms with Gasteiger partial charge in [-0.05, 0) is 18.2 Å². The molecule has 0 saturated carbocycles. The van der Waals surface area contributed by atoms with Gasteiger partial charge in [0, 0.05) is 31.7 Å². The van der Waals surface area contributed by atoms with Crippen LogP contribution in [-0.2, 0) is 4.79 Å². The molecule has 1 aliphatic rings. The summed E-state index contributed by atoms with van der Waals surface area (Å²) in [6, 6.07) is 3.95. The normalized spacial score (nSPS) is 16.2. The number of carbonyl (C=O) groups is 2. The average molecular weight is 301 g/mol. The van der Waals surface area contributed by atoms with Gasteiger partial charge in [0.25, 0.3) is 5.91 Å². The van der Waals surface area contributed by atoms with Crippen LogP contribution in [0.3, 0.4) is 0 Å². The molecule has 1 aliphatic heterocycles. The summed E-state index contributed by atoms with van der Waals surface area (Å²) in [6.45, 7) is 1.81. The number of amides is 1. The van der Waals surface area contributed by atoms with Crippen molar-refractivity contribution < 1.29 is 19.1 Å². The maximum absolute atomic E-state index is 13.3. The number of halogens is 2.